The van der Waals surface area contributed by atoms with Crippen LogP contribution in [0.5, 0.6) is 0 Å². The van der Waals surface area contributed by atoms with Crippen molar-refractivity contribution in [1.29, 1.82) is 0 Å². The summed E-state index contributed by atoms with van der Waals surface area (Å²) < 4.78 is 42.0. The number of hydrogen-bond donors (Lipinski definition) is 4. The molecule has 1 saturated carbocycles. The van der Waals surface area contributed by atoms with E-state index in [-0.39, 0.29) is 46.8 Å². The Labute approximate surface area is 213 Å². The van der Waals surface area contributed by atoms with Gasteiger partial charge in [0.2, 0.25) is 0 Å². The number of aliphatic hydroxyl groups excluding tert-OH is 1. The molecule has 1 saturated heterocycles. The molecule has 37 heavy (non-hydrogen) atoms. The summed E-state index contributed by atoms with van der Waals surface area (Å²) in [6, 6.07) is 13.9. The number of nitrogens with one attached hydrogen (secondary N) is 3. The van der Waals surface area contributed by atoms with E-state index in [0.717, 1.165) is 30.5 Å². The number of carbonyl (C=O) groups excluding carboxylic acids is 1. The molecule has 2 heterocycles. The van der Waals surface area contributed by atoms with Crippen molar-refractivity contribution in [2.45, 2.75) is 56.1 Å². The van der Waals surface area contributed by atoms with E-state index >= 15 is 0 Å². The summed E-state index contributed by atoms with van der Waals surface area (Å²) in [6.45, 7) is 1.74. The zero-order valence-corrected chi connectivity index (χ0v) is 20.5. The lowest BCUT2D eigenvalue weighted by Gasteiger charge is -2.41. The first-order valence-electron chi connectivity index (χ1n) is 12.4. The summed E-state index contributed by atoms with van der Waals surface area (Å²) in [7, 11) is 1.67. The number of halogens is 3. The van der Waals surface area contributed by atoms with Gasteiger partial charge in [0, 0.05) is 36.3 Å². The molecule has 1 amide bonds. The molecule has 7 nitrogen and oxygen atoms in total. The van der Waals surface area contributed by atoms with Gasteiger partial charge in [0.25, 0.3) is 5.91 Å². The number of benzene rings is 2. The number of hydrazine groups is 1. The van der Waals surface area contributed by atoms with Crippen LogP contribution in [0.25, 0.3) is 11.3 Å². The summed E-state index contributed by atoms with van der Waals surface area (Å²) in [5.41, 5.74) is 7.24. The van der Waals surface area contributed by atoms with Crippen molar-refractivity contribution >= 4 is 5.91 Å². The van der Waals surface area contributed by atoms with Crippen LogP contribution in [0.1, 0.15) is 47.2 Å². The minimum absolute atomic E-state index is 0.0128. The maximum absolute atomic E-state index is 13.7. The molecule has 1 aliphatic heterocycles. The first-order valence-corrected chi connectivity index (χ1v) is 12.4. The van der Waals surface area contributed by atoms with Crippen LogP contribution < -0.4 is 16.2 Å². The van der Waals surface area contributed by atoms with Crippen LogP contribution in [0.4, 0.5) is 13.2 Å². The van der Waals surface area contributed by atoms with E-state index in [1.165, 1.54) is 10.7 Å². The maximum atomic E-state index is 13.7. The molecular formula is C27H30F3N5O2. The second-order valence-corrected chi connectivity index (χ2v) is 9.97. The Balaban J connectivity index is 1.51. The number of amides is 1. The normalized spacial score (nSPS) is 26.5. The van der Waals surface area contributed by atoms with Gasteiger partial charge in [0.05, 0.1) is 29.4 Å². The number of rotatable bonds is 5. The van der Waals surface area contributed by atoms with Crippen LogP contribution in [-0.4, -0.2) is 45.0 Å². The van der Waals surface area contributed by atoms with Gasteiger partial charge in [-0.25, -0.2) is 0 Å². The molecule has 2 aliphatic rings. The van der Waals surface area contributed by atoms with E-state index < -0.39 is 23.8 Å². The van der Waals surface area contributed by atoms with Crippen molar-refractivity contribution in [2.24, 2.45) is 13.0 Å². The Morgan fingerprint density at radius 2 is 1.89 bits per heavy atom. The fourth-order valence-electron chi connectivity index (χ4n) is 5.81. The highest BCUT2D eigenvalue weighted by molar-refractivity contribution is 6.01. The van der Waals surface area contributed by atoms with Crippen LogP contribution in [0.2, 0.25) is 0 Å². The molecule has 5 unspecified atom stereocenters. The van der Waals surface area contributed by atoms with Gasteiger partial charge in [0.1, 0.15) is 0 Å². The third-order valence-electron chi connectivity index (χ3n) is 7.60. The second kappa shape index (κ2) is 9.92. The number of fused-ring (bicyclic) bond motifs is 1. The van der Waals surface area contributed by atoms with Gasteiger partial charge in [-0.15, -0.1) is 0 Å². The molecule has 3 aromatic rings. The Bertz CT molecular complexity index is 1260. The van der Waals surface area contributed by atoms with Crippen molar-refractivity contribution in [3.63, 3.8) is 0 Å². The van der Waals surface area contributed by atoms with Crippen molar-refractivity contribution in [2.75, 3.05) is 0 Å². The number of hydrogen-bond acceptors (Lipinski definition) is 5. The Hall–Kier alpha value is -3.21. The number of aliphatic hydroxyl groups is 1. The van der Waals surface area contributed by atoms with E-state index in [2.05, 4.69) is 21.3 Å². The highest BCUT2D eigenvalue weighted by Crippen LogP contribution is 2.40. The lowest BCUT2D eigenvalue weighted by atomic mass is 9.70. The molecule has 0 bridgehead atoms. The monoisotopic (exact) mass is 513 g/mol. The molecule has 1 aliphatic carbocycles. The quantitative estimate of drug-likeness (QED) is 0.419. The van der Waals surface area contributed by atoms with E-state index in [4.69, 9.17) is 0 Å². The number of aromatic nitrogens is 2. The first kappa shape index (κ1) is 25.4. The molecule has 0 spiro atoms. The maximum Gasteiger partial charge on any atom is 0.416 e. The summed E-state index contributed by atoms with van der Waals surface area (Å²) in [5.74, 6) is -0.405. The molecule has 0 radical (unpaired) electrons. The number of carbonyl (C=O) groups is 1. The third-order valence-corrected chi connectivity index (χ3v) is 7.60. The van der Waals surface area contributed by atoms with Crippen molar-refractivity contribution in [3.8, 4) is 11.3 Å². The van der Waals surface area contributed by atoms with Crippen LogP contribution in [0.15, 0.2) is 60.8 Å². The minimum Gasteiger partial charge on any atom is -0.392 e. The SMILES string of the molecule is C[C@@H](O)C1NNC2C1CCC(c1ccccc1)C2NC(=O)c1ccc(C(F)(F)F)cc1-c1ccn(C)n1. The molecule has 10 heteroatoms. The zero-order chi connectivity index (χ0) is 26.3. The summed E-state index contributed by atoms with van der Waals surface area (Å²) >= 11 is 0. The number of alkyl halides is 3. The smallest absolute Gasteiger partial charge is 0.392 e. The molecule has 2 aromatic carbocycles. The van der Waals surface area contributed by atoms with Crippen LogP contribution in [-0.2, 0) is 13.2 Å². The van der Waals surface area contributed by atoms with Crippen molar-refractivity contribution < 1.29 is 23.1 Å². The van der Waals surface area contributed by atoms with Gasteiger partial charge in [-0.05, 0) is 55.5 Å². The standard InChI is InChI=1S/C27H30F3N5O2/c1-15(36)23-20-11-10-18(16-6-4-3-5-7-16)24(25(20)33-32-23)31-26(37)19-9-8-17(27(28,29)30)14-21(19)22-12-13-35(2)34-22/h3-9,12-15,18,20,23-25,32-33,36H,10-11H2,1-2H3,(H,31,37)/t15-,18?,20?,23?,24?,25?/m1/s1. The number of aryl methyl sites for hydroxylation is 1. The highest BCUT2D eigenvalue weighted by Gasteiger charge is 2.48. The van der Waals surface area contributed by atoms with Crippen LogP contribution in [0, 0.1) is 5.92 Å². The van der Waals surface area contributed by atoms with Gasteiger partial charge >= 0.3 is 6.18 Å². The lowest BCUT2D eigenvalue weighted by molar-refractivity contribution is -0.137. The van der Waals surface area contributed by atoms with Gasteiger partial charge in [0.15, 0.2) is 0 Å². The van der Waals surface area contributed by atoms with Gasteiger partial charge < -0.3 is 10.4 Å². The van der Waals surface area contributed by atoms with E-state index in [9.17, 15) is 23.1 Å². The molecule has 1 aromatic heterocycles. The van der Waals surface area contributed by atoms with E-state index in [1.54, 1.807) is 26.2 Å². The van der Waals surface area contributed by atoms with Gasteiger partial charge in [-0.1, -0.05) is 30.3 Å². The van der Waals surface area contributed by atoms with Gasteiger partial charge in [-0.2, -0.15) is 18.3 Å². The largest absolute Gasteiger partial charge is 0.416 e. The van der Waals surface area contributed by atoms with Crippen LogP contribution in [0.3, 0.4) is 0 Å². The molecule has 196 valence electrons. The average Bonchev–Trinajstić information content (AvgIpc) is 3.50. The topological polar surface area (TPSA) is 91.2 Å². The molecular weight excluding hydrogens is 483 g/mol. The molecule has 5 rings (SSSR count). The van der Waals surface area contributed by atoms with Gasteiger partial charge in [-0.3, -0.25) is 20.3 Å². The predicted molar refractivity (Wildman–Crippen MR) is 132 cm³/mol. The Morgan fingerprint density at radius 1 is 1.14 bits per heavy atom. The second-order valence-electron chi connectivity index (χ2n) is 9.97. The lowest BCUT2D eigenvalue weighted by Crippen LogP contribution is -2.56. The first-order chi connectivity index (χ1) is 17.6. The molecule has 4 N–H and O–H groups in total. The summed E-state index contributed by atoms with van der Waals surface area (Å²) in [4.78, 5) is 13.7. The average molecular weight is 514 g/mol. The fraction of sp³-hybridized carbons (Fsp3) is 0.407. The Morgan fingerprint density at radius 3 is 2.54 bits per heavy atom. The van der Waals surface area contributed by atoms with Crippen molar-refractivity contribution in [1.82, 2.24) is 25.9 Å². The molecule has 6 atom stereocenters. The predicted octanol–water partition coefficient (Wildman–Crippen LogP) is 3.62. The fourth-order valence-corrected chi connectivity index (χ4v) is 5.81. The minimum atomic E-state index is -4.55. The van der Waals surface area contributed by atoms with E-state index in [1.807, 2.05) is 30.3 Å². The van der Waals surface area contributed by atoms with E-state index in [0.29, 0.717) is 0 Å². The highest BCUT2D eigenvalue weighted by atomic mass is 19.4. The molecule has 2 fully saturated rings. The van der Waals surface area contributed by atoms with Crippen molar-refractivity contribution in [3.05, 3.63) is 77.5 Å². The third kappa shape index (κ3) is 5.01. The zero-order valence-electron chi connectivity index (χ0n) is 20.5. The van der Waals surface area contributed by atoms with Crippen LogP contribution >= 0.6 is 0 Å². The Kier molecular flexibility index (Phi) is 6.82. The summed E-state index contributed by atoms with van der Waals surface area (Å²) in [5, 5.41) is 17.7. The number of nitrogens with zero attached hydrogens (tertiary/aromatic N) is 2. The summed E-state index contributed by atoms with van der Waals surface area (Å²) in [6.07, 6.45) is -1.87.